The summed E-state index contributed by atoms with van der Waals surface area (Å²) in [5, 5.41) is 19.9. The Bertz CT molecular complexity index is 5860. The van der Waals surface area contributed by atoms with Gasteiger partial charge in [0.25, 0.3) is 0 Å². The highest BCUT2D eigenvalue weighted by Crippen LogP contribution is 2.54. The summed E-state index contributed by atoms with van der Waals surface area (Å²) in [5.41, 5.74) is 28.6. The molecule has 0 N–H and O–H groups in total. The molecule has 0 bridgehead atoms. The number of rotatable bonds is 10. The van der Waals surface area contributed by atoms with Crippen LogP contribution in [0.4, 0.5) is 0 Å². The van der Waals surface area contributed by atoms with E-state index in [1.165, 1.54) is 49.0 Å². The Balaban J connectivity index is 1.01. The fraction of sp³-hybridized carbons (Fsp3) is 0.0568. The molecule has 0 aliphatic heterocycles. The van der Waals surface area contributed by atoms with Crippen LogP contribution in [0.25, 0.3) is 161 Å². The number of nitriles is 1. The molecule has 0 saturated carbocycles. The Morgan fingerprint density at radius 2 is 0.564 bits per heavy atom. The van der Waals surface area contributed by atoms with E-state index in [1.54, 1.807) is 0 Å². The molecule has 444 valence electrons. The molecule has 5 aromatic heterocycles. The number of aryl methyl sites for hydroxylation is 5. The lowest BCUT2D eigenvalue weighted by Gasteiger charge is -2.27. The summed E-state index contributed by atoms with van der Waals surface area (Å²) in [6.45, 7) is 10.6. The first-order valence-electron chi connectivity index (χ1n) is 32.2. The number of hydrogen-bond donors (Lipinski definition) is 0. The van der Waals surface area contributed by atoms with Gasteiger partial charge in [-0.25, -0.2) is 4.98 Å². The van der Waals surface area contributed by atoms with E-state index in [0.29, 0.717) is 5.56 Å². The van der Waals surface area contributed by atoms with E-state index >= 15 is 0 Å². The van der Waals surface area contributed by atoms with E-state index in [9.17, 15) is 5.26 Å². The first kappa shape index (κ1) is 55.9. The largest absolute Gasteiger partial charge is 0.309 e. The topological polar surface area (TPSA) is 64.4 Å². The van der Waals surface area contributed by atoms with Gasteiger partial charge in [-0.15, -0.1) is 0 Å². The number of fused-ring (bicyclic) bond motifs is 9. The van der Waals surface area contributed by atoms with Crippen LogP contribution in [0.5, 0.6) is 0 Å². The quantitative estimate of drug-likeness (QED) is 0.137. The normalized spacial score (nSPS) is 11.7. The number of benzene rings is 12. The second kappa shape index (κ2) is 22.3. The predicted octanol–water partition coefficient (Wildman–Crippen LogP) is 22.9. The van der Waals surface area contributed by atoms with Crippen molar-refractivity contribution in [3.05, 3.63) is 319 Å². The average Bonchev–Trinajstić information content (AvgIpc) is 0.978. The second-order valence-electron chi connectivity index (χ2n) is 25.1. The van der Waals surface area contributed by atoms with E-state index < -0.39 is 0 Å². The van der Waals surface area contributed by atoms with Crippen molar-refractivity contribution in [3.63, 3.8) is 0 Å². The minimum Gasteiger partial charge on any atom is -0.309 e. The van der Waals surface area contributed by atoms with Crippen LogP contribution >= 0.6 is 0 Å². The zero-order valence-corrected chi connectivity index (χ0v) is 52.8. The minimum atomic E-state index is 0.553. The smallest absolute Gasteiger partial charge is 0.100 e. The van der Waals surface area contributed by atoms with Gasteiger partial charge in [0.2, 0.25) is 0 Å². The number of aromatic nitrogens is 5. The summed E-state index contributed by atoms with van der Waals surface area (Å²) >= 11 is 0. The molecule has 5 heterocycles. The van der Waals surface area contributed by atoms with E-state index in [1.807, 2.05) is 0 Å². The molecule has 0 aliphatic carbocycles. The number of hydrogen-bond acceptors (Lipinski definition) is 3. The van der Waals surface area contributed by atoms with Crippen LogP contribution in [-0.2, 0) is 0 Å². The van der Waals surface area contributed by atoms with Crippen LogP contribution < -0.4 is 0 Å². The SMILES string of the molecule is Cc1ccc2c(c1)c1ccccc1n2-c1ccc(-c2c(C#N)c(-c3ccc(-n4c5ccccc5c5cc(C)ccc54)cc3)c(-c3cc(-c4ccccc4)nc(-c4ccccc4)c3)c(-c3ccc(-n4c5ccccc5c5cc(C)ccc54)cc3)c2-c2cc(C)nc(C)c2)cc1. The zero-order chi connectivity index (χ0) is 63.3. The highest BCUT2D eigenvalue weighted by molar-refractivity contribution is 6.14. The Kier molecular flexibility index (Phi) is 13.3. The Labute approximate surface area is 545 Å². The first-order chi connectivity index (χ1) is 46.1. The van der Waals surface area contributed by atoms with Gasteiger partial charge in [-0.05, 0) is 194 Å². The fourth-order valence-electron chi connectivity index (χ4n) is 14.9. The molecular formula is C88H62N6. The molecule has 0 atom stereocenters. The second-order valence-corrected chi connectivity index (χ2v) is 25.1. The monoisotopic (exact) mass is 1200 g/mol. The van der Waals surface area contributed by atoms with E-state index in [2.05, 4.69) is 340 Å². The summed E-state index contributed by atoms with van der Waals surface area (Å²) in [6, 6.07) is 106. The molecular weight excluding hydrogens is 1140 g/mol. The van der Waals surface area contributed by atoms with Gasteiger partial charge in [-0.1, -0.05) is 187 Å². The van der Waals surface area contributed by atoms with Crippen LogP contribution in [0.3, 0.4) is 0 Å². The molecule has 0 saturated heterocycles. The maximum absolute atomic E-state index is 12.7. The molecule has 6 nitrogen and oxygen atoms in total. The van der Waals surface area contributed by atoms with Crippen molar-refractivity contribution in [3.8, 4) is 101 Å². The van der Waals surface area contributed by atoms with E-state index in [-0.39, 0.29) is 0 Å². The van der Waals surface area contributed by atoms with Gasteiger partial charge in [-0.3, -0.25) is 4.98 Å². The lowest BCUT2D eigenvalue weighted by molar-refractivity contribution is 1.12. The molecule has 6 heteroatoms. The predicted molar refractivity (Wildman–Crippen MR) is 392 cm³/mol. The molecule has 0 radical (unpaired) electrons. The summed E-state index contributed by atoms with van der Waals surface area (Å²) in [7, 11) is 0. The Morgan fingerprint density at radius 3 is 0.926 bits per heavy atom. The first-order valence-corrected chi connectivity index (χ1v) is 32.2. The van der Waals surface area contributed by atoms with Crippen molar-refractivity contribution < 1.29 is 0 Å². The number of para-hydroxylation sites is 3. The van der Waals surface area contributed by atoms with Gasteiger partial charge in [-0.2, -0.15) is 5.26 Å². The fourth-order valence-corrected chi connectivity index (χ4v) is 14.9. The minimum absolute atomic E-state index is 0.553. The van der Waals surface area contributed by atoms with Crippen molar-refractivity contribution in [2.45, 2.75) is 34.6 Å². The molecule has 0 spiro atoms. The standard InChI is InChI=1S/C88H62N6/c1-54-28-43-81-72(46-54)69-22-12-15-25-78(69)92(81)66-37-31-61(32-38-66)84-75(53-89)85(62-33-39-67(40-34-62)93-79-26-16-13-23-70(79)73-47-55(2)29-44-82(73)93)88(65-51-76(59-18-8-6-9-19-59)91-77(52-65)60-20-10-7-11-21-60)86(87(84)64-49-57(4)90-58(5)50-64)63-35-41-68(42-36-63)94-80-27-17-14-24-71(80)74-48-56(3)30-45-83(74)94/h6-52H,1-5H3. The summed E-state index contributed by atoms with van der Waals surface area (Å²) in [4.78, 5) is 10.5. The molecule has 0 fully saturated rings. The highest BCUT2D eigenvalue weighted by atomic mass is 15.0. The van der Waals surface area contributed by atoms with Gasteiger partial charge in [0, 0.05) is 83.0 Å². The lowest BCUT2D eigenvalue weighted by Crippen LogP contribution is -2.04. The van der Waals surface area contributed by atoms with Crippen LogP contribution in [-0.4, -0.2) is 23.7 Å². The summed E-state index contributed by atoms with van der Waals surface area (Å²) < 4.78 is 7.13. The Hall–Kier alpha value is -12.2. The van der Waals surface area contributed by atoms with Gasteiger partial charge >= 0.3 is 0 Å². The van der Waals surface area contributed by atoms with Crippen molar-refractivity contribution in [1.29, 1.82) is 5.26 Å². The third-order valence-corrected chi connectivity index (χ3v) is 19.0. The zero-order valence-electron chi connectivity index (χ0n) is 52.8. The third-order valence-electron chi connectivity index (χ3n) is 19.0. The van der Waals surface area contributed by atoms with Crippen molar-refractivity contribution in [2.24, 2.45) is 0 Å². The van der Waals surface area contributed by atoms with Crippen molar-refractivity contribution >= 4 is 65.4 Å². The lowest BCUT2D eigenvalue weighted by atomic mass is 9.75. The molecule has 17 rings (SSSR count). The maximum Gasteiger partial charge on any atom is 0.100 e. The average molecular weight is 1200 g/mol. The Morgan fingerprint density at radius 1 is 0.255 bits per heavy atom. The van der Waals surface area contributed by atoms with E-state index in [4.69, 9.17) is 9.97 Å². The third kappa shape index (κ3) is 9.23. The van der Waals surface area contributed by atoms with Crippen molar-refractivity contribution in [2.75, 3.05) is 0 Å². The van der Waals surface area contributed by atoms with Crippen molar-refractivity contribution in [1.82, 2.24) is 23.7 Å². The molecule has 0 amide bonds. The molecule has 0 aliphatic rings. The van der Waals surface area contributed by atoms with Crippen LogP contribution in [0.15, 0.2) is 285 Å². The van der Waals surface area contributed by atoms with Gasteiger partial charge in [0.05, 0.1) is 50.1 Å². The number of nitrogens with zero attached hydrogens (tertiary/aromatic N) is 6. The summed E-state index contributed by atoms with van der Waals surface area (Å²) in [6.07, 6.45) is 0. The van der Waals surface area contributed by atoms with Crippen LogP contribution in [0, 0.1) is 45.9 Å². The van der Waals surface area contributed by atoms with Gasteiger partial charge < -0.3 is 13.7 Å². The molecule has 17 aromatic rings. The van der Waals surface area contributed by atoms with E-state index in [0.717, 1.165) is 140 Å². The molecule has 94 heavy (non-hydrogen) atoms. The van der Waals surface area contributed by atoms with Gasteiger partial charge in [0.1, 0.15) is 6.07 Å². The van der Waals surface area contributed by atoms with Crippen LogP contribution in [0.2, 0.25) is 0 Å². The molecule has 0 unspecified atom stereocenters. The van der Waals surface area contributed by atoms with Crippen LogP contribution in [0.1, 0.15) is 33.6 Å². The maximum atomic E-state index is 12.7. The molecule has 12 aromatic carbocycles. The van der Waals surface area contributed by atoms with Gasteiger partial charge in [0.15, 0.2) is 0 Å². The highest BCUT2D eigenvalue weighted by Gasteiger charge is 2.31. The summed E-state index contributed by atoms with van der Waals surface area (Å²) in [5.74, 6) is 0. The number of pyridine rings is 2.